The van der Waals surface area contributed by atoms with Gasteiger partial charge >= 0.3 is 0 Å². The van der Waals surface area contributed by atoms with E-state index in [4.69, 9.17) is 4.74 Å². The third-order valence-corrected chi connectivity index (χ3v) is 5.10. The maximum Gasteiger partial charge on any atom is 0.218 e. The van der Waals surface area contributed by atoms with Crippen LogP contribution >= 0.6 is 0 Å². The second-order valence-corrected chi connectivity index (χ2v) is 5.88. The predicted molar refractivity (Wildman–Crippen MR) is 52.6 cm³/mol. The van der Waals surface area contributed by atoms with Gasteiger partial charge in [-0.05, 0) is 13.0 Å². The molecular formula is C8H16N2O3S. The first-order chi connectivity index (χ1) is 6.71. The van der Waals surface area contributed by atoms with Crippen molar-refractivity contribution in [1.29, 1.82) is 0 Å². The smallest absolute Gasteiger partial charge is 0.218 e. The lowest BCUT2D eigenvalue weighted by Crippen LogP contribution is -2.45. The van der Waals surface area contributed by atoms with Gasteiger partial charge in [0.15, 0.2) is 0 Å². The van der Waals surface area contributed by atoms with Crippen molar-refractivity contribution < 1.29 is 13.2 Å². The molecule has 14 heavy (non-hydrogen) atoms. The molecule has 0 spiro atoms. The predicted octanol–water partition coefficient (Wildman–Crippen LogP) is -0.990. The first-order valence-electron chi connectivity index (χ1n) is 4.99. The number of morpholine rings is 1. The molecule has 0 amide bonds. The van der Waals surface area contributed by atoms with Crippen LogP contribution in [0, 0.1) is 0 Å². The average molecular weight is 220 g/mol. The minimum atomic E-state index is -3.07. The van der Waals surface area contributed by atoms with Gasteiger partial charge in [0.2, 0.25) is 10.0 Å². The number of ether oxygens (including phenoxy) is 1. The van der Waals surface area contributed by atoms with E-state index >= 15 is 0 Å². The maximum absolute atomic E-state index is 12.0. The van der Waals surface area contributed by atoms with Gasteiger partial charge in [-0.1, -0.05) is 0 Å². The monoisotopic (exact) mass is 220 g/mol. The highest BCUT2D eigenvalue weighted by molar-refractivity contribution is 7.89. The second-order valence-electron chi connectivity index (χ2n) is 3.67. The zero-order valence-electron chi connectivity index (χ0n) is 8.11. The lowest BCUT2D eigenvalue weighted by atomic mass is 10.4. The van der Waals surface area contributed by atoms with Crippen molar-refractivity contribution in [2.45, 2.75) is 11.7 Å². The van der Waals surface area contributed by atoms with Crippen LogP contribution in [0.4, 0.5) is 0 Å². The lowest BCUT2D eigenvalue weighted by Gasteiger charge is -2.28. The second kappa shape index (κ2) is 4.14. The molecular weight excluding hydrogens is 204 g/mol. The molecule has 1 atom stereocenters. The molecule has 2 rings (SSSR count). The standard InChI is InChI=1S/C8H16N2O3S/c11-14(12,8-1-2-9-7-8)10-3-5-13-6-4-10/h8-9H,1-7H2. The van der Waals surface area contributed by atoms with Gasteiger partial charge in [0, 0.05) is 19.6 Å². The molecule has 0 aromatic carbocycles. The highest BCUT2D eigenvalue weighted by atomic mass is 32.2. The Morgan fingerprint density at radius 1 is 1.29 bits per heavy atom. The highest BCUT2D eigenvalue weighted by Gasteiger charge is 2.34. The van der Waals surface area contributed by atoms with Crippen molar-refractivity contribution in [2.75, 3.05) is 39.4 Å². The fraction of sp³-hybridized carbons (Fsp3) is 1.00. The van der Waals surface area contributed by atoms with Gasteiger partial charge in [0.05, 0.1) is 18.5 Å². The van der Waals surface area contributed by atoms with Crippen LogP contribution in [0.2, 0.25) is 0 Å². The molecule has 0 aromatic rings. The Morgan fingerprint density at radius 2 is 2.00 bits per heavy atom. The fourth-order valence-electron chi connectivity index (χ4n) is 1.89. The van der Waals surface area contributed by atoms with Crippen molar-refractivity contribution in [1.82, 2.24) is 9.62 Å². The number of rotatable bonds is 2. The van der Waals surface area contributed by atoms with Crippen LogP contribution < -0.4 is 5.32 Å². The third kappa shape index (κ3) is 1.93. The SMILES string of the molecule is O=S(=O)(C1CCNC1)N1CCOCC1. The van der Waals surface area contributed by atoms with E-state index in [1.807, 2.05) is 0 Å². The summed E-state index contributed by atoms with van der Waals surface area (Å²) in [5, 5.41) is 2.86. The summed E-state index contributed by atoms with van der Waals surface area (Å²) in [5.74, 6) is 0. The Kier molecular flexibility index (Phi) is 3.06. The maximum atomic E-state index is 12.0. The summed E-state index contributed by atoms with van der Waals surface area (Å²) >= 11 is 0. The molecule has 2 fully saturated rings. The molecule has 1 unspecified atom stereocenters. The summed E-state index contributed by atoms with van der Waals surface area (Å²) in [5.41, 5.74) is 0. The summed E-state index contributed by atoms with van der Waals surface area (Å²) < 4.78 is 30.7. The zero-order valence-corrected chi connectivity index (χ0v) is 8.92. The minimum absolute atomic E-state index is 0.222. The minimum Gasteiger partial charge on any atom is -0.379 e. The van der Waals surface area contributed by atoms with Crippen LogP contribution in [0.3, 0.4) is 0 Å². The number of nitrogens with zero attached hydrogens (tertiary/aromatic N) is 1. The van der Waals surface area contributed by atoms with Gasteiger partial charge in [0.25, 0.3) is 0 Å². The van der Waals surface area contributed by atoms with Crippen LogP contribution in [0.5, 0.6) is 0 Å². The Hall–Kier alpha value is -0.170. The molecule has 0 radical (unpaired) electrons. The molecule has 1 N–H and O–H groups in total. The third-order valence-electron chi connectivity index (χ3n) is 2.77. The quantitative estimate of drug-likeness (QED) is 0.649. The van der Waals surface area contributed by atoms with Gasteiger partial charge in [-0.2, -0.15) is 4.31 Å². The van der Waals surface area contributed by atoms with Crippen molar-refractivity contribution in [2.24, 2.45) is 0 Å². The van der Waals surface area contributed by atoms with E-state index in [9.17, 15) is 8.42 Å². The zero-order chi connectivity index (χ0) is 10.0. The van der Waals surface area contributed by atoms with Gasteiger partial charge in [-0.3, -0.25) is 0 Å². The molecule has 2 saturated heterocycles. The van der Waals surface area contributed by atoms with E-state index in [0.717, 1.165) is 13.0 Å². The molecule has 2 heterocycles. The Balaban J connectivity index is 2.05. The molecule has 6 heteroatoms. The summed E-state index contributed by atoms with van der Waals surface area (Å²) in [6.07, 6.45) is 0.736. The average Bonchev–Trinajstić information content (AvgIpc) is 2.72. The molecule has 2 aliphatic rings. The van der Waals surface area contributed by atoms with Gasteiger partial charge in [-0.25, -0.2) is 8.42 Å². The number of sulfonamides is 1. The summed E-state index contributed by atoms with van der Waals surface area (Å²) in [6.45, 7) is 3.49. The van der Waals surface area contributed by atoms with Crippen LogP contribution in [-0.4, -0.2) is 57.4 Å². The van der Waals surface area contributed by atoms with Crippen LogP contribution in [-0.2, 0) is 14.8 Å². The normalized spacial score (nSPS) is 30.7. The van der Waals surface area contributed by atoms with Crippen LogP contribution in [0.1, 0.15) is 6.42 Å². The van der Waals surface area contributed by atoms with Gasteiger partial charge < -0.3 is 10.1 Å². The number of hydrogen-bond donors (Lipinski definition) is 1. The first-order valence-corrected chi connectivity index (χ1v) is 6.49. The van der Waals surface area contributed by atoms with E-state index in [-0.39, 0.29) is 5.25 Å². The summed E-state index contributed by atoms with van der Waals surface area (Å²) in [7, 11) is -3.07. The van der Waals surface area contributed by atoms with E-state index < -0.39 is 10.0 Å². The van der Waals surface area contributed by atoms with Gasteiger partial charge in [0.1, 0.15) is 0 Å². The number of nitrogens with one attached hydrogen (secondary N) is 1. The Bertz CT molecular complexity index is 279. The molecule has 82 valence electrons. The molecule has 2 aliphatic heterocycles. The summed E-state index contributed by atoms with van der Waals surface area (Å²) in [6, 6.07) is 0. The van der Waals surface area contributed by atoms with E-state index in [0.29, 0.717) is 32.8 Å². The number of hydrogen-bond acceptors (Lipinski definition) is 4. The molecule has 0 aromatic heterocycles. The van der Waals surface area contributed by atoms with E-state index in [1.54, 1.807) is 4.31 Å². The van der Waals surface area contributed by atoms with E-state index in [2.05, 4.69) is 5.32 Å². The van der Waals surface area contributed by atoms with Crippen molar-refractivity contribution in [3.05, 3.63) is 0 Å². The molecule has 0 bridgehead atoms. The van der Waals surface area contributed by atoms with E-state index in [1.165, 1.54) is 0 Å². The molecule has 0 saturated carbocycles. The topological polar surface area (TPSA) is 58.6 Å². The van der Waals surface area contributed by atoms with Crippen molar-refractivity contribution in [3.8, 4) is 0 Å². The Morgan fingerprint density at radius 3 is 2.57 bits per heavy atom. The lowest BCUT2D eigenvalue weighted by molar-refractivity contribution is 0.0726. The molecule has 0 aliphatic carbocycles. The molecule has 5 nitrogen and oxygen atoms in total. The summed E-state index contributed by atoms with van der Waals surface area (Å²) in [4.78, 5) is 0. The van der Waals surface area contributed by atoms with Crippen molar-refractivity contribution >= 4 is 10.0 Å². The van der Waals surface area contributed by atoms with Crippen LogP contribution in [0.25, 0.3) is 0 Å². The fourth-order valence-corrected chi connectivity index (χ4v) is 3.72. The van der Waals surface area contributed by atoms with Gasteiger partial charge in [-0.15, -0.1) is 0 Å². The van der Waals surface area contributed by atoms with Crippen LogP contribution in [0.15, 0.2) is 0 Å². The Labute approximate surface area is 84.5 Å². The van der Waals surface area contributed by atoms with Crippen molar-refractivity contribution in [3.63, 3.8) is 0 Å². The largest absolute Gasteiger partial charge is 0.379 e. The highest BCUT2D eigenvalue weighted by Crippen LogP contribution is 2.16. The first kappa shape index (κ1) is 10.4.